The molecule has 0 aliphatic heterocycles. The van der Waals surface area contributed by atoms with Crippen LogP contribution >= 0.6 is 0 Å². The van der Waals surface area contributed by atoms with E-state index < -0.39 is 29.8 Å². The van der Waals surface area contributed by atoms with Crippen LogP contribution in [0.1, 0.15) is 29.5 Å². The zero-order chi connectivity index (χ0) is 14.7. The predicted octanol–water partition coefficient (Wildman–Crippen LogP) is 1.95. The fourth-order valence-electron chi connectivity index (χ4n) is 1.95. The monoisotopic (exact) mass is 267 g/mol. The van der Waals surface area contributed by atoms with Crippen molar-refractivity contribution in [1.82, 2.24) is 0 Å². The van der Waals surface area contributed by atoms with Gasteiger partial charge in [-0.25, -0.2) is 9.18 Å². The second-order valence-corrected chi connectivity index (χ2v) is 4.50. The van der Waals surface area contributed by atoms with Gasteiger partial charge in [0.25, 0.3) is 0 Å². The van der Waals surface area contributed by atoms with Crippen LogP contribution in [0.3, 0.4) is 0 Å². The molecule has 0 aliphatic carbocycles. The maximum Gasteiger partial charge on any atom is 0.411 e. The molecule has 6 heteroatoms. The number of carbonyl (C=O) groups is 1. The molecule has 1 aromatic rings. The van der Waals surface area contributed by atoms with Crippen molar-refractivity contribution in [1.29, 1.82) is 5.41 Å². The number of nitrogens with one attached hydrogen (secondary N) is 1. The van der Waals surface area contributed by atoms with Crippen LogP contribution in [0.5, 0.6) is 0 Å². The van der Waals surface area contributed by atoms with Gasteiger partial charge in [-0.1, -0.05) is 13.0 Å². The van der Waals surface area contributed by atoms with Crippen LogP contribution in [0, 0.1) is 25.1 Å². The van der Waals surface area contributed by atoms with Crippen molar-refractivity contribution in [2.45, 2.75) is 32.7 Å². The highest BCUT2D eigenvalue weighted by atomic mass is 19.1. The summed E-state index contributed by atoms with van der Waals surface area (Å²) in [6.45, 7) is 5.33. The predicted molar refractivity (Wildman–Crippen MR) is 70.7 cm³/mol. The number of ether oxygens (including phenoxy) is 1. The van der Waals surface area contributed by atoms with Gasteiger partial charge in [-0.15, -0.1) is 0 Å². The van der Waals surface area contributed by atoms with Gasteiger partial charge in [0.1, 0.15) is 5.82 Å². The maximum atomic E-state index is 13.9. The number of nitrogens with two attached hydrogens (primary N) is 2. The minimum atomic E-state index is -1.10. The second kappa shape index (κ2) is 5.79. The van der Waals surface area contributed by atoms with E-state index in [2.05, 4.69) is 4.74 Å². The highest BCUT2D eigenvalue weighted by Crippen LogP contribution is 2.27. The van der Waals surface area contributed by atoms with Gasteiger partial charge >= 0.3 is 6.09 Å². The quantitative estimate of drug-likeness (QED) is 0.576. The largest absolute Gasteiger partial charge is 0.411 e. The first-order valence-electron chi connectivity index (χ1n) is 5.82. The summed E-state index contributed by atoms with van der Waals surface area (Å²) in [5.41, 5.74) is 12.8. The second-order valence-electron chi connectivity index (χ2n) is 4.50. The molecule has 0 heterocycles. The standard InChI is InChI=1S/C13H18FN3O2/c1-6-4-5-9(14)10(7(6)2)8(3)11(15)12(16)19-13(17)18/h4-5,8,11,16H,15H2,1-3H3,(H2,17,18)/t8-,11?/m1/s1. The zero-order valence-corrected chi connectivity index (χ0v) is 11.2. The Balaban J connectivity index is 3.06. The number of primary amides is 1. The Morgan fingerprint density at radius 1 is 1.42 bits per heavy atom. The van der Waals surface area contributed by atoms with E-state index in [-0.39, 0.29) is 0 Å². The summed E-state index contributed by atoms with van der Waals surface area (Å²) >= 11 is 0. The fourth-order valence-corrected chi connectivity index (χ4v) is 1.95. The van der Waals surface area contributed by atoms with Crippen molar-refractivity contribution >= 4 is 12.0 Å². The van der Waals surface area contributed by atoms with Crippen LogP contribution in [0.15, 0.2) is 12.1 Å². The average molecular weight is 267 g/mol. The summed E-state index contributed by atoms with van der Waals surface area (Å²) in [7, 11) is 0. The maximum absolute atomic E-state index is 13.9. The van der Waals surface area contributed by atoms with Crippen molar-refractivity contribution in [3.63, 3.8) is 0 Å². The molecular formula is C13H18FN3O2. The molecule has 0 saturated carbocycles. The Morgan fingerprint density at radius 3 is 2.53 bits per heavy atom. The third kappa shape index (κ3) is 3.29. The molecule has 104 valence electrons. The summed E-state index contributed by atoms with van der Waals surface area (Å²) in [5.74, 6) is -1.37. The average Bonchev–Trinajstić information content (AvgIpc) is 2.32. The minimum Gasteiger partial charge on any atom is -0.394 e. The molecule has 0 aromatic heterocycles. The summed E-state index contributed by atoms with van der Waals surface area (Å²) in [6.07, 6.45) is -1.10. The number of hydrogen-bond donors (Lipinski definition) is 3. The molecule has 5 N–H and O–H groups in total. The van der Waals surface area contributed by atoms with Gasteiger partial charge in [-0.3, -0.25) is 5.41 Å². The number of aryl methyl sites for hydroxylation is 1. The van der Waals surface area contributed by atoms with Crippen molar-refractivity contribution in [3.05, 3.63) is 34.6 Å². The molecule has 1 unspecified atom stereocenters. The summed E-state index contributed by atoms with van der Waals surface area (Å²) in [5, 5.41) is 7.53. The lowest BCUT2D eigenvalue weighted by molar-refractivity contribution is 0.204. The molecule has 2 atom stereocenters. The van der Waals surface area contributed by atoms with E-state index >= 15 is 0 Å². The van der Waals surface area contributed by atoms with Gasteiger partial charge < -0.3 is 16.2 Å². The Kier molecular flexibility index (Phi) is 4.61. The van der Waals surface area contributed by atoms with Crippen LogP contribution in [0.4, 0.5) is 9.18 Å². The van der Waals surface area contributed by atoms with E-state index in [9.17, 15) is 9.18 Å². The number of rotatable bonds is 3. The lowest BCUT2D eigenvalue weighted by Crippen LogP contribution is -2.39. The van der Waals surface area contributed by atoms with Crippen LogP contribution in [-0.4, -0.2) is 18.0 Å². The van der Waals surface area contributed by atoms with E-state index in [0.29, 0.717) is 5.56 Å². The molecule has 0 saturated heterocycles. The number of hydrogen-bond acceptors (Lipinski definition) is 4. The highest BCUT2D eigenvalue weighted by molar-refractivity contribution is 5.89. The number of halogens is 1. The molecule has 0 bridgehead atoms. The Labute approximate surface area is 111 Å². The van der Waals surface area contributed by atoms with Crippen LogP contribution in [-0.2, 0) is 4.74 Å². The zero-order valence-electron chi connectivity index (χ0n) is 11.2. The van der Waals surface area contributed by atoms with E-state index in [1.54, 1.807) is 19.9 Å². The van der Waals surface area contributed by atoms with Gasteiger partial charge in [-0.05, 0) is 36.6 Å². The molecule has 0 aliphatic rings. The van der Waals surface area contributed by atoms with E-state index in [4.69, 9.17) is 16.9 Å². The van der Waals surface area contributed by atoms with E-state index in [1.807, 2.05) is 6.92 Å². The smallest absolute Gasteiger partial charge is 0.394 e. The Morgan fingerprint density at radius 2 is 2.00 bits per heavy atom. The van der Waals surface area contributed by atoms with Gasteiger partial charge in [0.15, 0.2) is 0 Å². The Hall–Kier alpha value is -1.95. The third-order valence-corrected chi connectivity index (χ3v) is 3.24. The van der Waals surface area contributed by atoms with Crippen LogP contribution in [0.2, 0.25) is 0 Å². The summed E-state index contributed by atoms with van der Waals surface area (Å²) in [4.78, 5) is 10.6. The highest BCUT2D eigenvalue weighted by Gasteiger charge is 2.26. The Bertz CT molecular complexity index is 517. The topological polar surface area (TPSA) is 102 Å². The molecule has 1 amide bonds. The fraction of sp³-hybridized carbons (Fsp3) is 0.385. The van der Waals surface area contributed by atoms with Crippen LogP contribution < -0.4 is 11.5 Å². The first-order valence-corrected chi connectivity index (χ1v) is 5.82. The van der Waals surface area contributed by atoms with Crippen molar-refractivity contribution in [3.8, 4) is 0 Å². The molecule has 0 spiro atoms. The first kappa shape index (κ1) is 15.1. The van der Waals surface area contributed by atoms with Crippen molar-refractivity contribution in [2.75, 3.05) is 0 Å². The van der Waals surface area contributed by atoms with Gasteiger partial charge in [0.05, 0.1) is 6.04 Å². The van der Waals surface area contributed by atoms with Crippen LogP contribution in [0.25, 0.3) is 0 Å². The molecule has 1 rings (SSSR count). The SMILES string of the molecule is Cc1ccc(F)c([C@@H](C)C(N)C(=N)OC(N)=O)c1C. The third-order valence-electron chi connectivity index (χ3n) is 3.24. The number of amides is 1. The van der Waals surface area contributed by atoms with Crippen molar-refractivity contribution in [2.24, 2.45) is 11.5 Å². The van der Waals surface area contributed by atoms with Gasteiger partial charge in [0, 0.05) is 5.92 Å². The first-order chi connectivity index (χ1) is 8.75. The molecule has 0 fully saturated rings. The van der Waals surface area contributed by atoms with Gasteiger partial charge in [-0.2, -0.15) is 0 Å². The summed E-state index contributed by atoms with van der Waals surface area (Å²) < 4.78 is 18.3. The van der Waals surface area contributed by atoms with Gasteiger partial charge in [0.2, 0.25) is 5.90 Å². The lowest BCUT2D eigenvalue weighted by atomic mass is 9.88. The van der Waals surface area contributed by atoms with E-state index in [0.717, 1.165) is 11.1 Å². The molecule has 1 aromatic carbocycles. The normalized spacial score (nSPS) is 13.7. The lowest BCUT2D eigenvalue weighted by Gasteiger charge is -2.23. The molecule has 5 nitrogen and oxygen atoms in total. The number of benzene rings is 1. The summed E-state index contributed by atoms with van der Waals surface area (Å²) in [6, 6.07) is 2.10. The molecule has 19 heavy (non-hydrogen) atoms. The van der Waals surface area contributed by atoms with E-state index in [1.165, 1.54) is 6.07 Å². The number of carbonyl (C=O) groups excluding carboxylic acids is 1. The van der Waals surface area contributed by atoms with Crippen molar-refractivity contribution < 1.29 is 13.9 Å². The molecular weight excluding hydrogens is 249 g/mol. The molecule has 0 radical (unpaired) electrons. The minimum absolute atomic E-state index is 0.391.